The molecule has 22 heavy (non-hydrogen) atoms. The number of hydrogen-bond acceptors (Lipinski definition) is 2. The molecule has 0 saturated heterocycles. The fourth-order valence-electron chi connectivity index (χ4n) is 4.01. The predicted octanol–water partition coefficient (Wildman–Crippen LogP) is 5.08. The van der Waals surface area contributed by atoms with Crippen molar-refractivity contribution in [3.63, 3.8) is 0 Å². The van der Waals surface area contributed by atoms with E-state index in [0.717, 1.165) is 18.9 Å². The summed E-state index contributed by atoms with van der Waals surface area (Å²) in [5.41, 5.74) is 4.15. The molecular weight excluding hydrogens is 270 g/mol. The van der Waals surface area contributed by atoms with Crippen LogP contribution in [-0.2, 0) is 0 Å². The van der Waals surface area contributed by atoms with E-state index in [0.29, 0.717) is 6.04 Å². The summed E-state index contributed by atoms with van der Waals surface area (Å²) in [7, 11) is 0. The van der Waals surface area contributed by atoms with Crippen LogP contribution in [0.15, 0.2) is 12.1 Å². The van der Waals surface area contributed by atoms with Crippen molar-refractivity contribution in [2.45, 2.75) is 77.9 Å². The molecule has 1 aromatic rings. The van der Waals surface area contributed by atoms with Gasteiger partial charge in [0.25, 0.3) is 0 Å². The fraction of sp³-hybridized carbons (Fsp3) is 0.700. The Labute approximate surface area is 135 Å². The number of fused-ring (bicyclic) bond motifs is 1. The molecule has 0 bridgehead atoms. The Morgan fingerprint density at radius 2 is 1.95 bits per heavy atom. The molecular formula is C20H31NO. The number of benzene rings is 1. The lowest BCUT2D eigenvalue weighted by atomic mass is 9.84. The lowest BCUT2D eigenvalue weighted by Gasteiger charge is -2.41. The van der Waals surface area contributed by atoms with E-state index in [4.69, 9.17) is 4.74 Å². The Morgan fingerprint density at radius 3 is 2.64 bits per heavy atom. The van der Waals surface area contributed by atoms with E-state index < -0.39 is 0 Å². The maximum absolute atomic E-state index is 6.61. The van der Waals surface area contributed by atoms with Crippen LogP contribution in [0.25, 0.3) is 0 Å². The largest absolute Gasteiger partial charge is 0.487 e. The van der Waals surface area contributed by atoms with Crippen molar-refractivity contribution in [2.75, 3.05) is 6.54 Å². The van der Waals surface area contributed by atoms with Gasteiger partial charge in [0.05, 0.1) is 0 Å². The van der Waals surface area contributed by atoms with Gasteiger partial charge in [-0.15, -0.1) is 0 Å². The molecule has 1 spiro atoms. The average molecular weight is 301 g/mol. The molecule has 1 aliphatic heterocycles. The molecule has 3 rings (SSSR count). The minimum absolute atomic E-state index is 0.0983. The van der Waals surface area contributed by atoms with Gasteiger partial charge < -0.3 is 10.1 Å². The minimum Gasteiger partial charge on any atom is -0.487 e. The summed E-state index contributed by atoms with van der Waals surface area (Å²) in [4.78, 5) is 0. The Morgan fingerprint density at radius 1 is 1.23 bits per heavy atom. The molecule has 1 aromatic carbocycles. The van der Waals surface area contributed by atoms with Crippen molar-refractivity contribution >= 4 is 0 Å². The van der Waals surface area contributed by atoms with Crippen LogP contribution in [0.2, 0.25) is 0 Å². The number of aryl methyl sites for hydroxylation is 1. The van der Waals surface area contributed by atoms with Crippen LogP contribution in [0.1, 0.15) is 75.1 Å². The molecule has 0 radical (unpaired) electrons. The minimum atomic E-state index is 0.0983. The summed E-state index contributed by atoms with van der Waals surface area (Å²) < 4.78 is 6.61. The number of nitrogens with one attached hydrogen (secondary N) is 1. The van der Waals surface area contributed by atoms with Crippen LogP contribution in [0.5, 0.6) is 5.75 Å². The number of ether oxygens (including phenoxy) is 1. The second kappa shape index (κ2) is 6.23. The first kappa shape index (κ1) is 15.9. The molecule has 2 nitrogen and oxygen atoms in total. The summed E-state index contributed by atoms with van der Waals surface area (Å²) in [6.45, 7) is 10.1. The van der Waals surface area contributed by atoms with Crippen LogP contribution in [-0.4, -0.2) is 12.1 Å². The standard InChI is InChI=1S/C20H31NO/c1-14(2)9-12-21-18-13-20(10-5-6-11-20)22-19-16(4)15(3)7-8-17(18)19/h7-8,14,18,21H,5-6,9-13H2,1-4H3. The van der Waals surface area contributed by atoms with Crippen LogP contribution >= 0.6 is 0 Å². The van der Waals surface area contributed by atoms with E-state index in [9.17, 15) is 0 Å². The molecule has 1 N–H and O–H groups in total. The van der Waals surface area contributed by atoms with Gasteiger partial charge in [0.15, 0.2) is 0 Å². The smallest absolute Gasteiger partial charge is 0.128 e. The summed E-state index contributed by atoms with van der Waals surface area (Å²) in [5.74, 6) is 1.93. The molecule has 122 valence electrons. The predicted molar refractivity (Wildman–Crippen MR) is 92.6 cm³/mol. The quantitative estimate of drug-likeness (QED) is 0.837. The Balaban J connectivity index is 1.87. The molecule has 1 heterocycles. The monoisotopic (exact) mass is 301 g/mol. The average Bonchev–Trinajstić information content (AvgIpc) is 2.91. The van der Waals surface area contributed by atoms with Gasteiger partial charge in [-0.25, -0.2) is 0 Å². The summed E-state index contributed by atoms with van der Waals surface area (Å²) >= 11 is 0. The molecule has 1 atom stereocenters. The van der Waals surface area contributed by atoms with E-state index >= 15 is 0 Å². The lowest BCUT2D eigenvalue weighted by Crippen LogP contribution is -2.42. The zero-order chi connectivity index (χ0) is 15.7. The normalized spacial score (nSPS) is 22.9. The first-order chi connectivity index (χ1) is 10.5. The van der Waals surface area contributed by atoms with Crippen molar-refractivity contribution in [2.24, 2.45) is 5.92 Å². The first-order valence-corrected chi connectivity index (χ1v) is 9.03. The lowest BCUT2D eigenvalue weighted by molar-refractivity contribution is 0.0358. The highest BCUT2D eigenvalue weighted by Crippen LogP contribution is 2.48. The van der Waals surface area contributed by atoms with Gasteiger partial charge in [0, 0.05) is 18.0 Å². The molecule has 1 fully saturated rings. The van der Waals surface area contributed by atoms with Crippen LogP contribution in [0.4, 0.5) is 0 Å². The molecule has 0 amide bonds. The second-order valence-electron chi connectivity index (χ2n) is 7.81. The van der Waals surface area contributed by atoms with Crippen molar-refractivity contribution in [3.05, 3.63) is 28.8 Å². The Kier molecular flexibility index (Phi) is 4.49. The third-order valence-electron chi connectivity index (χ3n) is 5.60. The number of hydrogen-bond donors (Lipinski definition) is 1. The van der Waals surface area contributed by atoms with Crippen molar-refractivity contribution in [1.82, 2.24) is 5.32 Å². The van der Waals surface area contributed by atoms with Gasteiger partial charge in [-0.2, -0.15) is 0 Å². The van der Waals surface area contributed by atoms with E-state index in [1.165, 1.54) is 54.5 Å². The van der Waals surface area contributed by atoms with Crippen molar-refractivity contribution in [1.29, 1.82) is 0 Å². The first-order valence-electron chi connectivity index (χ1n) is 9.03. The molecule has 2 heteroatoms. The molecule has 1 aliphatic carbocycles. The SMILES string of the molecule is Cc1ccc2c(c1C)OC1(CCCC1)CC2NCCC(C)C. The maximum Gasteiger partial charge on any atom is 0.128 e. The van der Waals surface area contributed by atoms with Gasteiger partial charge in [-0.3, -0.25) is 0 Å². The molecule has 2 aliphatic rings. The number of rotatable bonds is 4. The van der Waals surface area contributed by atoms with Crippen LogP contribution in [0.3, 0.4) is 0 Å². The van der Waals surface area contributed by atoms with Crippen LogP contribution in [0, 0.1) is 19.8 Å². The third-order valence-corrected chi connectivity index (χ3v) is 5.60. The molecule has 1 saturated carbocycles. The van der Waals surface area contributed by atoms with E-state index in [1.54, 1.807) is 0 Å². The highest BCUT2D eigenvalue weighted by molar-refractivity contribution is 5.48. The van der Waals surface area contributed by atoms with Crippen LogP contribution < -0.4 is 10.1 Å². The zero-order valence-electron chi connectivity index (χ0n) is 14.7. The van der Waals surface area contributed by atoms with Crippen molar-refractivity contribution < 1.29 is 4.74 Å². The molecule has 1 unspecified atom stereocenters. The third kappa shape index (κ3) is 3.03. The fourth-order valence-corrected chi connectivity index (χ4v) is 4.01. The van der Waals surface area contributed by atoms with Crippen molar-refractivity contribution in [3.8, 4) is 5.75 Å². The van der Waals surface area contributed by atoms with E-state index in [-0.39, 0.29) is 5.60 Å². The topological polar surface area (TPSA) is 21.3 Å². The van der Waals surface area contributed by atoms with Gasteiger partial charge in [0.2, 0.25) is 0 Å². The summed E-state index contributed by atoms with van der Waals surface area (Å²) in [5, 5.41) is 3.83. The molecule has 0 aromatic heterocycles. The van der Waals surface area contributed by atoms with E-state index in [2.05, 4.69) is 45.1 Å². The Hall–Kier alpha value is -1.02. The Bertz CT molecular complexity index is 529. The summed E-state index contributed by atoms with van der Waals surface area (Å²) in [6.07, 6.45) is 7.47. The van der Waals surface area contributed by atoms with Gasteiger partial charge in [0.1, 0.15) is 11.4 Å². The highest BCUT2D eigenvalue weighted by Gasteiger charge is 2.43. The highest BCUT2D eigenvalue weighted by atomic mass is 16.5. The summed E-state index contributed by atoms with van der Waals surface area (Å²) in [6, 6.07) is 4.99. The second-order valence-corrected chi connectivity index (χ2v) is 7.81. The van der Waals surface area contributed by atoms with Gasteiger partial charge in [-0.1, -0.05) is 26.0 Å². The van der Waals surface area contributed by atoms with Gasteiger partial charge in [-0.05, 0) is 69.5 Å². The van der Waals surface area contributed by atoms with Gasteiger partial charge >= 0.3 is 0 Å². The maximum atomic E-state index is 6.61. The zero-order valence-corrected chi connectivity index (χ0v) is 14.7. The van der Waals surface area contributed by atoms with E-state index in [1.807, 2.05) is 0 Å².